The Morgan fingerprint density at radius 2 is 1.70 bits per heavy atom. The number of benzene rings is 2. The van der Waals surface area contributed by atoms with E-state index < -0.39 is 0 Å². The fourth-order valence-corrected chi connectivity index (χ4v) is 3.35. The first kappa shape index (κ1) is 20.1. The summed E-state index contributed by atoms with van der Waals surface area (Å²) < 4.78 is 3.24. The number of aromatic nitrogens is 6. The van der Waals surface area contributed by atoms with Gasteiger partial charge in [0.1, 0.15) is 17.8 Å². The fraction of sp³-hybridized carbons (Fsp3) is 0.0417. The highest BCUT2D eigenvalue weighted by Crippen LogP contribution is 2.21. The molecule has 0 aliphatic rings. The van der Waals surface area contributed by atoms with Crippen LogP contribution in [0.2, 0.25) is 0 Å². The molecule has 9 heteroatoms. The first-order valence-electron chi connectivity index (χ1n) is 10.3. The molecule has 3 heterocycles. The van der Waals surface area contributed by atoms with Crippen LogP contribution in [0.15, 0.2) is 91.5 Å². The number of amides is 1. The molecule has 0 atom stereocenters. The van der Waals surface area contributed by atoms with Gasteiger partial charge in [0.05, 0.1) is 5.69 Å². The minimum absolute atomic E-state index is 0.229. The molecule has 2 aromatic carbocycles. The summed E-state index contributed by atoms with van der Waals surface area (Å²) in [6.45, 7) is 0. The molecule has 5 rings (SSSR count). The van der Waals surface area contributed by atoms with Crippen LogP contribution in [0.3, 0.4) is 0 Å². The van der Waals surface area contributed by atoms with Gasteiger partial charge in [-0.1, -0.05) is 30.3 Å². The average Bonchev–Trinajstić information content (AvgIpc) is 3.51. The first-order chi connectivity index (χ1) is 16.2. The maximum atomic E-state index is 12.8. The Kier molecular flexibility index (Phi) is 5.34. The monoisotopic (exact) mass is 436 g/mol. The van der Waals surface area contributed by atoms with Gasteiger partial charge in [-0.15, -0.1) is 0 Å². The third kappa shape index (κ3) is 4.47. The lowest BCUT2D eigenvalue weighted by atomic mass is 10.1. The second-order valence-corrected chi connectivity index (χ2v) is 7.27. The number of rotatable bonds is 6. The SMILES string of the molecule is Cn1nc(-c2ccccc2)cc1C(=O)Nc1ccc(Nc2cc(-n3cccn3)ncn2)cc1. The maximum absolute atomic E-state index is 12.8. The van der Waals surface area contributed by atoms with Crippen LogP contribution in [0.5, 0.6) is 0 Å². The quantitative estimate of drug-likeness (QED) is 0.416. The number of carbonyl (C=O) groups excluding carboxylic acids is 1. The second-order valence-electron chi connectivity index (χ2n) is 7.27. The fourth-order valence-electron chi connectivity index (χ4n) is 3.35. The molecule has 0 spiro atoms. The Bertz CT molecular complexity index is 1380. The van der Waals surface area contributed by atoms with Crippen molar-refractivity contribution in [3.8, 4) is 17.1 Å². The molecule has 9 nitrogen and oxygen atoms in total. The Balaban J connectivity index is 1.27. The van der Waals surface area contributed by atoms with Gasteiger partial charge in [0, 0.05) is 42.4 Å². The summed E-state index contributed by atoms with van der Waals surface area (Å²) in [6.07, 6.45) is 4.98. The summed E-state index contributed by atoms with van der Waals surface area (Å²) in [7, 11) is 1.76. The van der Waals surface area contributed by atoms with Crippen molar-refractivity contribution in [3.63, 3.8) is 0 Å². The number of nitrogens with zero attached hydrogens (tertiary/aromatic N) is 6. The summed E-state index contributed by atoms with van der Waals surface area (Å²) in [5, 5.41) is 14.8. The molecule has 0 bridgehead atoms. The average molecular weight is 436 g/mol. The summed E-state index contributed by atoms with van der Waals surface area (Å²) in [5.41, 5.74) is 3.69. The summed E-state index contributed by atoms with van der Waals surface area (Å²) >= 11 is 0. The minimum Gasteiger partial charge on any atom is -0.340 e. The molecule has 0 aliphatic carbocycles. The van der Waals surface area contributed by atoms with Crippen LogP contribution >= 0.6 is 0 Å². The van der Waals surface area contributed by atoms with Crippen molar-refractivity contribution in [3.05, 3.63) is 97.2 Å². The van der Waals surface area contributed by atoms with E-state index in [0.29, 0.717) is 23.0 Å². The van der Waals surface area contributed by atoms with Gasteiger partial charge >= 0.3 is 0 Å². The molecule has 5 aromatic rings. The van der Waals surface area contributed by atoms with Crippen molar-refractivity contribution in [2.45, 2.75) is 0 Å². The van der Waals surface area contributed by atoms with Gasteiger partial charge in [0.25, 0.3) is 5.91 Å². The van der Waals surface area contributed by atoms with Crippen LogP contribution in [-0.2, 0) is 7.05 Å². The second kappa shape index (κ2) is 8.75. The molecule has 1 amide bonds. The van der Waals surface area contributed by atoms with Crippen LogP contribution in [0.25, 0.3) is 17.1 Å². The summed E-state index contributed by atoms with van der Waals surface area (Å²) in [6, 6.07) is 22.6. The van der Waals surface area contributed by atoms with Gasteiger partial charge < -0.3 is 10.6 Å². The van der Waals surface area contributed by atoms with Crippen molar-refractivity contribution < 1.29 is 4.79 Å². The van der Waals surface area contributed by atoms with Crippen molar-refractivity contribution in [2.75, 3.05) is 10.6 Å². The lowest BCUT2D eigenvalue weighted by Gasteiger charge is -2.09. The highest BCUT2D eigenvalue weighted by Gasteiger charge is 2.14. The van der Waals surface area contributed by atoms with E-state index in [-0.39, 0.29) is 5.91 Å². The largest absolute Gasteiger partial charge is 0.340 e. The Hall–Kier alpha value is -4.79. The van der Waals surface area contributed by atoms with Crippen molar-refractivity contribution in [1.82, 2.24) is 29.5 Å². The van der Waals surface area contributed by atoms with Crippen LogP contribution in [0, 0.1) is 0 Å². The number of nitrogens with one attached hydrogen (secondary N) is 2. The standard InChI is InChI=1S/C24H20N8O/c1-31-21(14-20(30-31)17-6-3-2-4-7-17)24(33)29-19-10-8-18(9-11-19)28-22-15-23(26-16-25-22)32-13-5-12-27-32/h2-16H,1H3,(H,29,33)(H,25,26,28). The first-order valence-corrected chi connectivity index (χ1v) is 10.3. The number of anilines is 3. The molecule has 0 unspecified atom stereocenters. The minimum atomic E-state index is -0.229. The molecule has 33 heavy (non-hydrogen) atoms. The number of carbonyl (C=O) groups is 1. The van der Waals surface area contributed by atoms with E-state index >= 15 is 0 Å². The van der Waals surface area contributed by atoms with Gasteiger partial charge in [0.15, 0.2) is 5.82 Å². The maximum Gasteiger partial charge on any atom is 0.273 e. The predicted octanol–water partition coefficient (Wildman–Crippen LogP) is 4.06. The zero-order valence-corrected chi connectivity index (χ0v) is 17.8. The van der Waals surface area contributed by atoms with Gasteiger partial charge in [-0.25, -0.2) is 14.6 Å². The third-order valence-corrected chi connectivity index (χ3v) is 4.99. The molecule has 3 aromatic heterocycles. The Morgan fingerprint density at radius 3 is 2.45 bits per heavy atom. The number of aryl methyl sites for hydroxylation is 1. The molecule has 162 valence electrons. The van der Waals surface area contributed by atoms with Crippen LogP contribution < -0.4 is 10.6 Å². The smallest absolute Gasteiger partial charge is 0.273 e. The third-order valence-electron chi connectivity index (χ3n) is 4.99. The predicted molar refractivity (Wildman–Crippen MR) is 125 cm³/mol. The van der Waals surface area contributed by atoms with Gasteiger partial charge in [-0.2, -0.15) is 10.2 Å². The topological polar surface area (TPSA) is 103 Å². The number of hydrogen-bond acceptors (Lipinski definition) is 6. The molecule has 0 saturated heterocycles. The van der Waals surface area contributed by atoms with Gasteiger partial charge in [0.2, 0.25) is 0 Å². The Morgan fingerprint density at radius 1 is 0.909 bits per heavy atom. The van der Waals surface area contributed by atoms with E-state index in [1.807, 2.05) is 66.9 Å². The van der Waals surface area contributed by atoms with Crippen molar-refractivity contribution >= 4 is 23.1 Å². The molecule has 2 N–H and O–H groups in total. The molecular formula is C24H20N8O. The van der Waals surface area contributed by atoms with Gasteiger partial charge in [-0.3, -0.25) is 9.48 Å². The van der Waals surface area contributed by atoms with Crippen LogP contribution in [-0.4, -0.2) is 35.4 Å². The lowest BCUT2D eigenvalue weighted by Crippen LogP contribution is -2.16. The Labute approximate surface area is 189 Å². The highest BCUT2D eigenvalue weighted by atomic mass is 16.2. The lowest BCUT2D eigenvalue weighted by molar-refractivity contribution is 0.101. The molecular weight excluding hydrogens is 416 g/mol. The summed E-state index contributed by atoms with van der Waals surface area (Å²) in [5.74, 6) is 1.07. The van der Waals surface area contributed by atoms with Crippen molar-refractivity contribution in [2.24, 2.45) is 7.05 Å². The highest BCUT2D eigenvalue weighted by molar-refractivity contribution is 6.03. The van der Waals surface area contributed by atoms with E-state index in [2.05, 4.69) is 30.8 Å². The zero-order valence-electron chi connectivity index (χ0n) is 17.8. The van der Waals surface area contributed by atoms with Crippen LogP contribution in [0.1, 0.15) is 10.5 Å². The molecule has 0 fully saturated rings. The van der Waals surface area contributed by atoms with Gasteiger partial charge in [-0.05, 0) is 36.4 Å². The van der Waals surface area contributed by atoms with Crippen LogP contribution in [0.4, 0.5) is 17.2 Å². The van der Waals surface area contributed by atoms with Crippen molar-refractivity contribution in [1.29, 1.82) is 0 Å². The van der Waals surface area contributed by atoms with E-state index in [9.17, 15) is 4.79 Å². The van der Waals surface area contributed by atoms with E-state index in [0.717, 1.165) is 16.9 Å². The van der Waals surface area contributed by atoms with E-state index in [1.54, 1.807) is 34.7 Å². The molecule has 0 saturated carbocycles. The normalized spacial score (nSPS) is 10.7. The molecule has 0 radical (unpaired) electrons. The number of hydrogen-bond donors (Lipinski definition) is 2. The summed E-state index contributed by atoms with van der Waals surface area (Å²) in [4.78, 5) is 21.3. The van der Waals surface area contributed by atoms with E-state index in [1.165, 1.54) is 6.33 Å². The zero-order chi connectivity index (χ0) is 22.6. The molecule has 0 aliphatic heterocycles. The van der Waals surface area contributed by atoms with E-state index in [4.69, 9.17) is 0 Å².